The van der Waals surface area contributed by atoms with Crippen LogP contribution in [0.25, 0.3) is 0 Å². The number of ketones is 1. The third kappa shape index (κ3) is 1.25. The van der Waals surface area contributed by atoms with Gasteiger partial charge in [-0.3, -0.25) is 9.69 Å². The van der Waals surface area contributed by atoms with Gasteiger partial charge in [0, 0.05) is 19.0 Å². The highest BCUT2D eigenvalue weighted by molar-refractivity contribution is 6.05. The van der Waals surface area contributed by atoms with Crippen molar-refractivity contribution in [2.75, 3.05) is 20.2 Å². The van der Waals surface area contributed by atoms with Crippen LogP contribution in [0.1, 0.15) is 13.3 Å². The number of esters is 1. The van der Waals surface area contributed by atoms with E-state index in [0.717, 1.165) is 19.5 Å². The number of rotatable bonds is 1. The Labute approximate surface area is 83.2 Å². The van der Waals surface area contributed by atoms with Crippen LogP contribution in [0.5, 0.6) is 0 Å². The Hall–Kier alpha value is -0.900. The first kappa shape index (κ1) is 9.65. The fourth-order valence-electron chi connectivity index (χ4n) is 2.59. The van der Waals surface area contributed by atoms with Crippen molar-refractivity contribution in [1.82, 2.24) is 4.90 Å². The molecule has 14 heavy (non-hydrogen) atoms. The first-order chi connectivity index (χ1) is 6.65. The summed E-state index contributed by atoms with van der Waals surface area (Å²) in [7, 11) is 1.34. The number of ether oxygens (including phenoxy) is 1. The number of methoxy groups -OCH3 is 1. The summed E-state index contributed by atoms with van der Waals surface area (Å²) in [4.78, 5) is 25.2. The Balaban J connectivity index is 2.21. The Morgan fingerprint density at radius 3 is 2.79 bits per heavy atom. The molecule has 0 spiro atoms. The van der Waals surface area contributed by atoms with Gasteiger partial charge in [0.1, 0.15) is 0 Å². The first-order valence-corrected chi connectivity index (χ1v) is 5.00. The van der Waals surface area contributed by atoms with Crippen LogP contribution < -0.4 is 0 Å². The predicted molar refractivity (Wildman–Crippen MR) is 49.7 cm³/mol. The lowest BCUT2D eigenvalue weighted by Gasteiger charge is -2.46. The number of fused-ring (bicyclic) bond motifs is 3. The fraction of sp³-hybridized carbons (Fsp3) is 0.800. The zero-order valence-corrected chi connectivity index (χ0v) is 8.53. The van der Waals surface area contributed by atoms with Gasteiger partial charge in [-0.05, 0) is 12.3 Å². The summed E-state index contributed by atoms with van der Waals surface area (Å²) >= 11 is 0. The molecule has 2 bridgehead atoms. The molecule has 3 saturated heterocycles. The smallest absolute Gasteiger partial charge is 0.330 e. The van der Waals surface area contributed by atoms with E-state index in [0.29, 0.717) is 5.92 Å². The topological polar surface area (TPSA) is 46.6 Å². The van der Waals surface area contributed by atoms with E-state index in [9.17, 15) is 9.59 Å². The van der Waals surface area contributed by atoms with Crippen molar-refractivity contribution in [3.8, 4) is 0 Å². The van der Waals surface area contributed by atoms with Gasteiger partial charge in [-0.15, -0.1) is 0 Å². The van der Waals surface area contributed by atoms with Crippen LogP contribution >= 0.6 is 0 Å². The number of nitrogens with zero attached hydrogens (tertiary/aromatic N) is 1. The molecule has 4 heteroatoms. The van der Waals surface area contributed by atoms with E-state index in [-0.39, 0.29) is 11.7 Å². The van der Waals surface area contributed by atoms with Crippen LogP contribution in [-0.4, -0.2) is 42.9 Å². The zero-order chi connectivity index (χ0) is 10.3. The average molecular weight is 197 g/mol. The minimum atomic E-state index is -0.616. The molecule has 4 atom stereocenters. The molecule has 3 aliphatic heterocycles. The molecule has 0 aromatic heterocycles. The summed E-state index contributed by atoms with van der Waals surface area (Å²) in [6.45, 7) is 3.76. The van der Waals surface area contributed by atoms with Crippen LogP contribution in [-0.2, 0) is 14.3 Å². The molecule has 0 N–H and O–H groups in total. The van der Waals surface area contributed by atoms with E-state index < -0.39 is 12.0 Å². The van der Waals surface area contributed by atoms with E-state index in [1.54, 1.807) is 0 Å². The summed E-state index contributed by atoms with van der Waals surface area (Å²) < 4.78 is 4.65. The molecule has 0 aromatic rings. The normalized spacial score (nSPS) is 41.1. The molecule has 3 heterocycles. The predicted octanol–water partition coefficient (Wildman–Crippen LogP) is 0.0687. The van der Waals surface area contributed by atoms with Crippen molar-refractivity contribution in [1.29, 1.82) is 0 Å². The molecular weight excluding hydrogens is 182 g/mol. The molecule has 1 unspecified atom stereocenters. The maximum atomic E-state index is 11.9. The molecule has 78 valence electrons. The number of piperidine rings is 3. The van der Waals surface area contributed by atoms with E-state index in [4.69, 9.17) is 0 Å². The molecule has 3 aliphatic rings. The quantitative estimate of drug-likeness (QED) is 0.441. The van der Waals surface area contributed by atoms with Gasteiger partial charge in [-0.25, -0.2) is 4.79 Å². The fourth-order valence-corrected chi connectivity index (χ4v) is 2.59. The van der Waals surface area contributed by atoms with E-state index in [1.807, 2.05) is 4.90 Å². The Bertz CT molecular complexity index is 277. The molecule has 0 amide bonds. The van der Waals surface area contributed by atoms with Gasteiger partial charge in [0.15, 0.2) is 11.8 Å². The highest BCUT2D eigenvalue weighted by Crippen LogP contribution is 2.33. The van der Waals surface area contributed by atoms with Crippen LogP contribution in [0.4, 0.5) is 0 Å². The van der Waals surface area contributed by atoms with E-state index in [1.165, 1.54) is 7.11 Å². The summed E-state index contributed by atoms with van der Waals surface area (Å²) in [6, 6.07) is -0.616. The van der Waals surface area contributed by atoms with Crippen molar-refractivity contribution in [3.63, 3.8) is 0 Å². The molecule has 0 aliphatic carbocycles. The standard InChI is InChI=1S/C10H15NO3/c1-6-5-11-4-3-7(6)9(12)8(11)10(13)14-2/h6-8H,3-5H2,1-2H3/t6-,7+,8+/m1/s1. The lowest BCUT2D eigenvalue weighted by molar-refractivity contribution is -0.160. The Kier molecular flexibility index (Phi) is 2.31. The number of carbonyl (C=O) groups is 2. The zero-order valence-electron chi connectivity index (χ0n) is 8.53. The molecule has 0 aromatic carbocycles. The number of carbonyl (C=O) groups excluding carboxylic acids is 2. The minimum Gasteiger partial charge on any atom is -0.468 e. The molecule has 0 radical (unpaired) electrons. The SMILES string of the molecule is COC(=O)[C@@H]1C(=O)[C@H]2CCN1C[C@H]2C. The second-order valence-corrected chi connectivity index (χ2v) is 4.20. The Morgan fingerprint density at radius 2 is 2.29 bits per heavy atom. The van der Waals surface area contributed by atoms with Crippen molar-refractivity contribution in [2.24, 2.45) is 11.8 Å². The average Bonchev–Trinajstić information content (AvgIpc) is 2.17. The number of hydrogen-bond donors (Lipinski definition) is 0. The van der Waals surface area contributed by atoms with Crippen LogP contribution in [0.2, 0.25) is 0 Å². The Morgan fingerprint density at radius 1 is 1.57 bits per heavy atom. The van der Waals surface area contributed by atoms with Gasteiger partial charge in [-0.1, -0.05) is 6.92 Å². The third-order valence-electron chi connectivity index (χ3n) is 3.36. The number of hydrogen-bond acceptors (Lipinski definition) is 4. The van der Waals surface area contributed by atoms with Crippen molar-refractivity contribution in [2.45, 2.75) is 19.4 Å². The molecule has 3 rings (SSSR count). The van der Waals surface area contributed by atoms with Gasteiger partial charge in [0.2, 0.25) is 0 Å². The minimum absolute atomic E-state index is 0.0573. The maximum absolute atomic E-state index is 11.9. The summed E-state index contributed by atoms with van der Waals surface area (Å²) in [6.07, 6.45) is 0.896. The van der Waals surface area contributed by atoms with Crippen molar-refractivity contribution in [3.05, 3.63) is 0 Å². The lowest BCUT2D eigenvalue weighted by Crippen LogP contribution is -2.61. The van der Waals surface area contributed by atoms with E-state index in [2.05, 4.69) is 11.7 Å². The van der Waals surface area contributed by atoms with Gasteiger partial charge in [0.25, 0.3) is 0 Å². The van der Waals surface area contributed by atoms with Gasteiger partial charge in [-0.2, -0.15) is 0 Å². The van der Waals surface area contributed by atoms with Crippen LogP contribution in [0, 0.1) is 11.8 Å². The largest absolute Gasteiger partial charge is 0.468 e. The summed E-state index contributed by atoms with van der Waals surface area (Å²) in [5.41, 5.74) is 0. The lowest BCUT2D eigenvalue weighted by atomic mass is 9.75. The summed E-state index contributed by atoms with van der Waals surface area (Å²) in [5, 5.41) is 0. The first-order valence-electron chi connectivity index (χ1n) is 5.00. The number of Topliss-reactive ketones (excluding diaryl/α,β-unsaturated/α-hetero) is 1. The monoisotopic (exact) mass is 197 g/mol. The van der Waals surface area contributed by atoms with Crippen LogP contribution in [0.15, 0.2) is 0 Å². The van der Waals surface area contributed by atoms with E-state index >= 15 is 0 Å². The van der Waals surface area contributed by atoms with Crippen molar-refractivity contribution >= 4 is 11.8 Å². The third-order valence-corrected chi connectivity index (χ3v) is 3.36. The second-order valence-electron chi connectivity index (χ2n) is 4.20. The van der Waals surface area contributed by atoms with Crippen molar-refractivity contribution < 1.29 is 14.3 Å². The van der Waals surface area contributed by atoms with Gasteiger partial charge in [0.05, 0.1) is 7.11 Å². The van der Waals surface area contributed by atoms with Crippen LogP contribution in [0.3, 0.4) is 0 Å². The van der Waals surface area contributed by atoms with Gasteiger partial charge >= 0.3 is 5.97 Å². The summed E-state index contributed by atoms with van der Waals surface area (Å²) in [5.74, 6) is 0.120. The molecule has 3 fully saturated rings. The highest BCUT2D eigenvalue weighted by atomic mass is 16.5. The highest BCUT2D eigenvalue weighted by Gasteiger charge is 2.48. The molecule has 4 nitrogen and oxygen atoms in total. The molecule has 0 saturated carbocycles. The molecular formula is C10H15NO3. The maximum Gasteiger partial charge on any atom is 0.330 e. The second kappa shape index (κ2) is 3.35. The van der Waals surface area contributed by atoms with Gasteiger partial charge < -0.3 is 4.74 Å².